The second kappa shape index (κ2) is 8.44. The van der Waals surface area contributed by atoms with Crippen molar-refractivity contribution < 1.29 is 19.4 Å². The predicted molar refractivity (Wildman–Crippen MR) is 135 cm³/mol. The Bertz CT molecular complexity index is 1630. The van der Waals surface area contributed by atoms with Crippen molar-refractivity contribution in [2.24, 2.45) is 5.73 Å². The molecule has 0 aliphatic rings. The van der Waals surface area contributed by atoms with Crippen molar-refractivity contribution in [1.82, 2.24) is 14.1 Å². The van der Waals surface area contributed by atoms with Crippen LogP contribution in [0.4, 0.5) is 0 Å². The molecule has 3 aromatic heterocycles. The van der Waals surface area contributed by atoms with Crippen molar-refractivity contribution >= 4 is 33.4 Å². The number of methoxy groups -OCH3 is 1. The zero-order valence-corrected chi connectivity index (χ0v) is 20.1. The molecule has 5 rings (SSSR count). The number of nitrogens with zero attached hydrogens (tertiary/aromatic N) is 3. The molecule has 0 unspecified atom stereocenters. The zero-order chi connectivity index (χ0) is 24.9. The molecule has 0 saturated carbocycles. The Balaban J connectivity index is 1.73. The number of ether oxygens (including phenoxy) is 1. The molecular weight excluding hydrogens is 464 g/mol. The van der Waals surface area contributed by atoms with Crippen molar-refractivity contribution in [2.45, 2.75) is 13.8 Å². The third kappa shape index (κ3) is 3.75. The number of aryl methyl sites for hydroxylation is 2. The van der Waals surface area contributed by atoms with Crippen LogP contribution < -0.4 is 10.5 Å². The largest absolute Gasteiger partial charge is 0.496 e. The number of primary amides is 1. The molecule has 0 aliphatic heterocycles. The van der Waals surface area contributed by atoms with Crippen LogP contribution in [-0.2, 0) is 0 Å². The highest BCUT2D eigenvalue weighted by molar-refractivity contribution is 7.20. The van der Waals surface area contributed by atoms with Gasteiger partial charge in [-0.2, -0.15) is 0 Å². The summed E-state index contributed by atoms with van der Waals surface area (Å²) in [4.78, 5) is 28.0. The second-order valence-electron chi connectivity index (χ2n) is 8.12. The molecule has 35 heavy (non-hydrogen) atoms. The number of rotatable bonds is 6. The summed E-state index contributed by atoms with van der Waals surface area (Å²) in [5.41, 5.74) is 11.2. The van der Waals surface area contributed by atoms with E-state index in [2.05, 4.69) is 11.1 Å². The van der Waals surface area contributed by atoms with Crippen LogP contribution in [0.2, 0.25) is 0 Å². The van der Waals surface area contributed by atoms with E-state index >= 15 is 0 Å². The number of fused-ring (bicyclic) bond motifs is 1. The number of thiophene rings is 1. The molecule has 176 valence electrons. The van der Waals surface area contributed by atoms with Crippen LogP contribution >= 0.6 is 11.3 Å². The number of hydrogen-bond acceptors (Lipinski definition) is 5. The minimum atomic E-state index is -0.975. The molecule has 0 radical (unpaired) electrons. The number of amides is 1. The Hall–Kier alpha value is -4.37. The van der Waals surface area contributed by atoms with Crippen LogP contribution in [0.3, 0.4) is 0 Å². The van der Waals surface area contributed by atoms with Gasteiger partial charge in [0.1, 0.15) is 16.5 Å². The van der Waals surface area contributed by atoms with Gasteiger partial charge in [0.2, 0.25) is 0 Å². The Morgan fingerprint density at radius 2 is 1.83 bits per heavy atom. The summed E-state index contributed by atoms with van der Waals surface area (Å²) in [6.45, 7) is 3.99. The van der Waals surface area contributed by atoms with Crippen molar-refractivity contribution in [3.05, 3.63) is 82.8 Å². The number of imidazole rings is 1. The summed E-state index contributed by atoms with van der Waals surface area (Å²) in [6.07, 6.45) is 3.68. The number of aromatic carboxylic acids is 1. The number of hydrogen-bond donors (Lipinski definition) is 2. The molecule has 0 aliphatic carbocycles. The number of aromatic nitrogens is 3. The minimum Gasteiger partial charge on any atom is -0.496 e. The molecule has 0 spiro atoms. The molecule has 2 aromatic carbocycles. The number of carboxylic acids is 1. The summed E-state index contributed by atoms with van der Waals surface area (Å²) in [6, 6.07) is 15.0. The summed E-state index contributed by atoms with van der Waals surface area (Å²) in [5.74, 6) is -0.323. The Morgan fingerprint density at radius 1 is 1.06 bits per heavy atom. The number of carboxylic acid groups (broad SMARTS) is 1. The fourth-order valence-electron chi connectivity index (χ4n) is 4.33. The molecular formula is C26H22N4O4S. The minimum absolute atomic E-state index is 0.249. The SMILES string of the molecule is COc1cc(-n2c(-c3ccc(-n4ccnc4C)cc3C)cc3sc(C(=O)O)cc32)ccc1C(N)=O. The van der Waals surface area contributed by atoms with Gasteiger partial charge in [-0.1, -0.05) is 6.07 Å². The van der Waals surface area contributed by atoms with Crippen molar-refractivity contribution in [3.8, 4) is 28.4 Å². The summed E-state index contributed by atoms with van der Waals surface area (Å²) < 4.78 is 10.3. The molecule has 8 nitrogen and oxygen atoms in total. The molecule has 0 bridgehead atoms. The maximum absolute atomic E-state index is 11.8. The fourth-order valence-corrected chi connectivity index (χ4v) is 5.25. The molecule has 0 atom stereocenters. The maximum Gasteiger partial charge on any atom is 0.345 e. The van der Waals surface area contributed by atoms with Gasteiger partial charge in [-0.15, -0.1) is 11.3 Å². The van der Waals surface area contributed by atoms with E-state index in [9.17, 15) is 14.7 Å². The van der Waals surface area contributed by atoms with Crippen LogP contribution in [0.15, 0.2) is 60.9 Å². The molecule has 5 aromatic rings. The van der Waals surface area contributed by atoms with Gasteiger partial charge in [0, 0.05) is 35.4 Å². The molecule has 9 heteroatoms. The maximum atomic E-state index is 11.8. The van der Waals surface area contributed by atoms with Crippen LogP contribution in [0.5, 0.6) is 5.75 Å². The quantitative estimate of drug-likeness (QED) is 0.352. The smallest absolute Gasteiger partial charge is 0.345 e. The van der Waals surface area contributed by atoms with Crippen LogP contribution in [0.1, 0.15) is 31.4 Å². The number of carbonyl (C=O) groups excluding carboxylic acids is 1. The molecule has 0 fully saturated rings. The first-order chi connectivity index (χ1) is 16.8. The van der Waals surface area contributed by atoms with Crippen molar-refractivity contribution in [2.75, 3.05) is 7.11 Å². The van der Waals surface area contributed by atoms with Gasteiger partial charge in [0.25, 0.3) is 5.91 Å². The molecule has 3 heterocycles. The van der Waals surface area contributed by atoms with Gasteiger partial charge in [0.05, 0.1) is 28.6 Å². The number of carbonyl (C=O) groups is 2. The lowest BCUT2D eigenvalue weighted by Crippen LogP contribution is -2.12. The van der Waals surface area contributed by atoms with Gasteiger partial charge < -0.3 is 24.7 Å². The average Bonchev–Trinajstić information content (AvgIpc) is 3.52. The standard InChI is InChI=1S/C26H22N4O4S/c1-14-10-16(29-9-8-28-15(29)2)4-6-18(14)20-12-23-21(13-24(35-23)26(32)33)30(20)17-5-7-19(25(27)31)22(11-17)34-3/h4-13H,1-3H3,(H2,27,31)(H,32,33). The van der Waals surface area contributed by atoms with Crippen LogP contribution in [-0.4, -0.2) is 38.2 Å². The average molecular weight is 487 g/mol. The molecule has 3 N–H and O–H groups in total. The highest BCUT2D eigenvalue weighted by atomic mass is 32.1. The monoisotopic (exact) mass is 486 g/mol. The second-order valence-corrected chi connectivity index (χ2v) is 9.21. The van der Waals surface area contributed by atoms with E-state index in [4.69, 9.17) is 10.5 Å². The fraction of sp³-hybridized carbons (Fsp3) is 0.115. The van der Waals surface area contributed by atoms with Crippen molar-refractivity contribution in [3.63, 3.8) is 0 Å². The van der Waals surface area contributed by atoms with E-state index in [1.165, 1.54) is 18.4 Å². The van der Waals surface area contributed by atoms with Gasteiger partial charge in [-0.3, -0.25) is 4.79 Å². The molecule has 0 saturated heterocycles. The summed E-state index contributed by atoms with van der Waals surface area (Å²) >= 11 is 1.22. The Labute approximate surface area is 204 Å². The number of benzene rings is 2. The molecule has 1 amide bonds. The highest BCUT2D eigenvalue weighted by Crippen LogP contribution is 2.39. The number of nitrogens with two attached hydrogens (primary N) is 1. The van der Waals surface area contributed by atoms with E-state index in [-0.39, 0.29) is 10.4 Å². The lowest BCUT2D eigenvalue weighted by Gasteiger charge is -2.16. The van der Waals surface area contributed by atoms with Crippen LogP contribution in [0.25, 0.3) is 32.8 Å². The Morgan fingerprint density at radius 3 is 2.46 bits per heavy atom. The highest BCUT2D eigenvalue weighted by Gasteiger charge is 2.20. The zero-order valence-electron chi connectivity index (χ0n) is 19.3. The summed E-state index contributed by atoms with van der Waals surface area (Å²) in [7, 11) is 1.48. The first kappa shape index (κ1) is 22.4. The summed E-state index contributed by atoms with van der Waals surface area (Å²) in [5, 5.41) is 9.54. The first-order valence-corrected chi connectivity index (χ1v) is 11.6. The van der Waals surface area contributed by atoms with Gasteiger partial charge in [-0.25, -0.2) is 9.78 Å². The lowest BCUT2D eigenvalue weighted by molar-refractivity contribution is 0.0702. The third-order valence-corrected chi connectivity index (χ3v) is 7.06. The van der Waals surface area contributed by atoms with Gasteiger partial charge >= 0.3 is 5.97 Å². The van der Waals surface area contributed by atoms with E-state index in [0.29, 0.717) is 5.75 Å². The van der Waals surface area contributed by atoms with E-state index in [0.717, 1.165) is 44.2 Å². The first-order valence-electron chi connectivity index (χ1n) is 10.8. The predicted octanol–water partition coefficient (Wildman–Crippen LogP) is 4.97. The lowest BCUT2D eigenvalue weighted by atomic mass is 10.0. The topological polar surface area (TPSA) is 112 Å². The van der Waals surface area contributed by atoms with Crippen molar-refractivity contribution in [1.29, 1.82) is 0 Å². The normalized spacial score (nSPS) is 11.2. The van der Waals surface area contributed by atoms with E-state index in [1.54, 1.807) is 30.5 Å². The van der Waals surface area contributed by atoms with Crippen LogP contribution in [0, 0.1) is 13.8 Å². The van der Waals surface area contributed by atoms with E-state index in [1.807, 2.05) is 47.4 Å². The van der Waals surface area contributed by atoms with Gasteiger partial charge in [0.15, 0.2) is 0 Å². The third-order valence-electron chi connectivity index (χ3n) is 6.00. The Kier molecular flexibility index (Phi) is 5.41. The van der Waals surface area contributed by atoms with E-state index < -0.39 is 11.9 Å². The van der Waals surface area contributed by atoms with Gasteiger partial charge in [-0.05, 0) is 55.8 Å².